The SMILES string of the molecule is Cc1ccc(F)c(NC2=NC(C)C(C)CS2)c1F. The maximum Gasteiger partial charge on any atom is 0.161 e. The van der Waals surface area contributed by atoms with E-state index in [-0.39, 0.29) is 11.7 Å². The normalized spacial score (nSPS) is 23.7. The second-order valence-electron chi connectivity index (χ2n) is 4.64. The number of nitrogens with zero attached hydrogens (tertiary/aromatic N) is 1. The summed E-state index contributed by atoms with van der Waals surface area (Å²) in [4.78, 5) is 4.41. The number of amidine groups is 1. The minimum atomic E-state index is -0.590. The standard InChI is InChI=1S/C13H16F2N2S/c1-7-4-5-10(14)12(11(7)15)17-13-16-9(3)8(2)6-18-13/h4-5,8-9H,6H2,1-3H3,(H,16,17). The number of hydrogen-bond donors (Lipinski definition) is 1. The van der Waals surface area contributed by atoms with Gasteiger partial charge in [-0.2, -0.15) is 0 Å². The lowest BCUT2D eigenvalue weighted by molar-refractivity contribution is 0.536. The van der Waals surface area contributed by atoms with Gasteiger partial charge < -0.3 is 5.32 Å². The van der Waals surface area contributed by atoms with Crippen molar-refractivity contribution in [1.82, 2.24) is 0 Å². The van der Waals surface area contributed by atoms with Gasteiger partial charge in [0.25, 0.3) is 0 Å². The molecule has 1 N–H and O–H groups in total. The molecule has 1 aromatic rings. The third-order valence-corrected chi connectivity index (χ3v) is 4.32. The van der Waals surface area contributed by atoms with Crippen LogP contribution in [0.3, 0.4) is 0 Å². The highest BCUT2D eigenvalue weighted by Gasteiger charge is 2.21. The summed E-state index contributed by atoms with van der Waals surface area (Å²) < 4.78 is 27.4. The lowest BCUT2D eigenvalue weighted by atomic mass is 10.1. The summed E-state index contributed by atoms with van der Waals surface area (Å²) >= 11 is 1.50. The molecule has 0 amide bonds. The maximum absolute atomic E-state index is 13.8. The first-order chi connectivity index (χ1) is 8.49. The van der Waals surface area contributed by atoms with Crippen LogP contribution >= 0.6 is 11.8 Å². The summed E-state index contributed by atoms with van der Waals surface area (Å²) in [5.74, 6) is 0.243. The molecule has 0 aromatic heterocycles. The van der Waals surface area contributed by atoms with Gasteiger partial charge in [-0.25, -0.2) is 8.78 Å². The average molecular weight is 270 g/mol. The van der Waals surface area contributed by atoms with Crippen LogP contribution in [0.5, 0.6) is 0 Å². The van der Waals surface area contributed by atoms with E-state index >= 15 is 0 Å². The van der Waals surface area contributed by atoms with Gasteiger partial charge in [0, 0.05) is 5.75 Å². The lowest BCUT2D eigenvalue weighted by Gasteiger charge is -2.24. The zero-order valence-electron chi connectivity index (χ0n) is 10.6. The van der Waals surface area contributed by atoms with Crippen LogP contribution in [0.1, 0.15) is 19.4 Å². The monoisotopic (exact) mass is 270 g/mol. The maximum atomic E-state index is 13.8. The predicted octanol–water partition coefficient (Wildman–Crippen LogP) is 3.81. The second-order valence-corrected chi connectivity index (χ2v) is 5.65. The van der Waals surface area contributed by atoms with E-state index in [0.717, 1.165) is 5.75 Å². The molecule has 0 bridgehead atoms. The summed E-state index contributed by atoms with van der Waals surface area (Å²) in [5.41, 5.74) is 0.310. The minimum Gasteiger partial charge on any atom is -0.330 e. The smallest absolute Gasteiger partial charge is 0.161 e. The van der Waals surface area contributed by atoms with Gasteiger partial charge in [0.05, 0.1) is 6.04 Å². The van der Waals surface area contributed by atoms with Gasteiger partial charge in [0.1, 0.15) is 11.5 Å². The van der Waals surface area contributed by atoms with E-state index in [1.165, 1.54) is 23.9 Å². The largest absolute Gasteiger partial charge is 0.330 e. The minimum absolute atomic E-state index is 0.108. The van der Waals surface area contributed by atoms with Crippen molar-refractivity contribution in [2.45, 2.75) is 26.8 Å². The van der Waals surface area contributed by atoms with Crippen LogP contribution in [-0.4, -0.2) is 17.0 Å². The van der Waals surface area contributed by atoms with Crippen molar-refractivity contribution < 1.29 is 8.78 Å². The van der Waals surface area contributed by atoms with Crippen LogP contribution < -0.4 is 5.32 Å². The van der Waals surface area contributed by atoms with Crippen LogP contribution in [0.25, 0.3) is 0 Å². The van der Waals surface area contributed by atoms with Crippen molar-refractivity contribution in [1.29, 1.82) is 0 Å². The van der Waals surface area contributed by atoms with Gasteiger partial charge in [0.15, 0.2) is 11.0 Å². The Hall–Kier alpha value is -1.10. The molecule has 2 unspecified atom stereocenters. The summed E-state index contributed by atoms with van der Waals surface area (Å²) in [6.45, 7) is 5.74. The Balaban J connectivity index is 2.25. The van der Waals surface area contributed by atoms with Gasteiger partial charge in [-0.05, 0) is 31.4 Å². The van der Waals surface area contributed by atoms with Crippen molar-refractivity contribution in [3.63, 3.8) is 0 Å². The molecule has 1 aliphatic rings. The Morgan fingerprint density at radius 3 is 2.72 bits per heavy atom. The summed E-state index contributed by atoms with van der Waals surface area (Å²) in [5, 5.41) is 3.36. The van der Waals surface area contributed by atoms with Gasteiger partial charge in [-0.3, -0.25) is 4.99 Å². The number of halogens is 2. The van der Waals surface area contributed by atoms with E-state index in [1.54, 1.807) is 6.92 Å². The number of thioether (sulfide) groups is 1. The van der Waals surface area contributed by atoms with Crippen LogP contribution in [0.15, 0.2) is 17.1 Å². The van der Waals surface area contributed by atoms with Crippen molar-refractivity contribution in [2.24, 2.45) is 10.9 Å². The average Bonchev–Trinajstić information content (AvgIpc) is 2.34. The van der Waals surface area contributed by atoms with Gasteiger partial charge in [-0.15, -0.1) is 0 Å². The number of rotatable bonds is 1. The van der Waals surface area contributed by atoms with Crippen molar-refractivity contribution in [2.75, 3.05) is 11.1 Å². The van der Waals surface area contributed by atoms with E-state index in [1.807, 2.05) is 6.92 Å². The molecule has 1 heterocycles. The molecule has 2 nitrogen and oxygen atoms in total. The molecule has 2 atom stereocenters. The Morgan fingerprint density at radius 2 is 2.06 bits per heavy atom. The first-order valence-electron chi connectivity index (χ1n) is 5.91. The van der Waals surface area contributed by atoms with E-state index in [9.17, 15) is 8.78 Å². The molecule has 1 aromatic carbocycles. The Morgan fingerprint density at radius 1 is 1.33 bits per heavy atom. The Labute approximate surface area is 110 Å². The first kappa shape index (κ1) is 13.3. The summed E-state index contributed by atoms with van der Waals surface area (Å²) in [6, 6.07) is 2.86. The van der Waals surface area contributed by atoms with Gasteiger partial charge in [-0.1, -0.05) is 24.8 Å². The highest BCUT2D eigenvalue weighted by atomic mass is 32.2. The molecule has 0 spiro atoms. The number of nitrogens with one attached hydrogen (secondary N) is 1. The highest BCUT2D eigenvalue weighted by Crippen LogP contribution is 2.27. The van der Waals surface area contributed by atoms with E-state index in [2.05, 4.69) is 17.2 Å². The van der Waals surface area contributed by atoms with Crippen molar-refractivity contribution >= 4 is 22.6 Å². The van der Waals surface area contributed by atoms with Crippen LogP contribution in [0, 0.1) is 24.5 Å². The fourth-order valence-corrected chi connectivity index (χ4v) is 2.76. The molecule has 98 valence electrons. The van der Waals surface area contributed by atoms with E-state index in [0.29, 0.717) is 16.6 Å². The zero-order chi connectivity index (χ0) is 13.3. The summed E-state index contributed by atoms with van der Waals surface area (Å²) in [7, 11) is 0. The molecule has 2 rings (SSSR count). The number of aryl methyl sites for hydroxylation is 1. The zero-order valence-corrected chi connectivity index (χ0v) is 11.4. The molecule has 5 heteroatoms. The fourth-order valence-electron chi connectivity index (χ4n) is 1.65. The number of aliphatic imine (C=N–C) groups is 1. The van der Waals surface area contributed by atoms with Crippen molar-refractivity contribution in [3.8, 4) is 0 Å². The number of benzene rings is 1. The molecule has 0 saturated carbocycles. The molecule has 0 radical (unpaired) electrons. The molecular weight excluding hydrogens is 254 g/mol. The third kappa shape index (κ3) is 2.66. The van der Waals surface area contributed by atoms with Gasteiger partial charge in [0.2, 0.25) is 0 Å². The molecular formula is C13H16F2N2S. The third-order valence-electron chi connectivity index (χ3n) is 3.14. The molecule has 0 aliphatic carbocycles. The van der Waals surface area contributed by atoms with Crippen molar-refractivity contribution in [3.05, 3.63) is 29.3 Å². The molecule has 1 aliphatic heterocycles. The van der Waals surface area contributed by atoms with E-state index in [4.69, 9.17) is 0 Å². The number of hydrogen-bond acceptors (Lipinski definition) is 3. The second kappa shape index (κ2) is 5.26. The Kier molecular flexibility index (Phi) is 3.90. The van der Waals surface area contributed by atoms with Gasteiger partial charge >= 0.3 is 0 Å². The highest BCUT2D eigenvalue weighted by molar-refractivity contribution is 8.14. The van der Waals surface area contributed by atoms with Crippen LogP contribution in [-0.2, 0) is 0 Å². The molecule has 0 saturated heterocycles. The Bertz CT molecular complexity index is 488. The predicted molar refractivity (Wildman–Crippen MR) is 73.2 cm³/mol. The molecule has 18 heavy (non-hydrogen) atoms. The van der Waals surface area contributed by atoms with Crippen LogP contribution in [0.2, 0.25) is 0 Å². The first-order valence-corrected chi connectivity index (χ1v) is 6.90. The fraction of sp³-hybridized carbons (Fsp3) is 0.462. The lowest BCUT2D eigenvalue weighted by Crippen LogP contribution is -2.25. The molecule has 0 fully saturated rings. The summed E-state index contributed by atoms with van der Waals surface area (Å²) in [6.07, 6.45) is 0. The quantitative estimate of drug-likeness (QED) is 0.839. The van der Waals surface area contributed by atoms with Crippen LogP contribution in [0.4, 0.5) is 14.5 Å². The topological polar surface area (TPSA) is 24.4 Å². The van der Waals surface area contributed by atoms with E-state index < -0.39 is 11.6 Å². The number of anilines is 1.